The van der Waals surface area contributed by atoms with Crippen molar-refractivity contribution in [2.75, 3.05) is 11.9 Å². The molecule has 0 aliphatic carbocycles. The highest BCUT2D eigenvalue weighted by atomic mass is 35.5. The van der Waals surface area contributed by atoms with Crippen LogP contribution in [-0.4, -0.2) is 26.5 Å². The number of aryl methyl sites for hydroxylation is 1. The molecule has 1 unspecified atom stereocenters. The number of nitrogens with zero attached hydrogens (tertiary/aromatic N) is 3. The van der Waals surface area contributed by atoms with Gasteiger partial charge in [0.05, 0.1) is 11.0 Å². The lowest BCUT2D eigenvalue weighted by atomic mass is 10.1. The summed E-state index contributed by atoms with van der Waals surface area (Å²) >= 11 is 6.10. The number of non-ortho nitro benzene ring substituents is 1. The Morgan fingerprint density at radius 3 is 2.70 bits per heavy atom. The first-order chi connectivity index (χ1) is 12.9. The fourth-order valence-corrected chi connectivity index (χ4v) is 2.86. The van der Waals surface area contributed by atoms with Gasteiger partial charge in [-0.3, -0.25) is 10.1 Å². The zero-order valence-electron chi connectivity index (χ0n) is 14.5. The molecule has 3 aromatic rings. The molecule has 0 saturated heterocycles. The van der Waals surface area contributed by atoms with Crippen molar-refractivity contribution < 1.29 is 10.0 Å². The SMILES string of the molecule is Cc1cc(NCC(O)c2ccccc2Cl)nc(-c2cccc([N+](=O)[O-])c2)n1. The number of nitro benzene ring substituents is 1. The molecule has 0 radical (unpaired) electrons. The summed E-state index contributed by atoms with van der Waals surface area (Å²) in [7, 11) is 0. The summed E-state index contributed by atoms with van der Waals surface area (Å²) in [6.45, 7) is 2.01. The Morgan fingerprint density at radius 1 is 1.19 bits per heavy atom. The summed E-state index contributed by atoms with van der Waals surface area (Å²) in [4.78, 5) is 19.3. The van der Waals surface area contributed by atoms with Gasteiger partial charge in [-0.2, -0.15) is 0 Å². The third kappa shape index (κ3) is 4.58. The molecule has 2 aromatic carbocycles. The van der Waals surface area contributed by atoms with Gasteiger partial charge in [0.1, 0.15) is 5.82 Å². The number of rotatable bonds is 6. The number of aliphatic hydroxyl groups is 1. The van der Waals surface area contributed by atoms with Crippen molar-refractivity contribution in [1.82, 2.24) is 9.97 Å². The van der Waals surface area contributed by atoms with E-state index in [-0.39, 0.29) is 12.2 Å². The molecular formula is C19H17ClN4O3. The highest BCUT2D eigenvalue weighted by Crippen LogP contribution is 2.24. The Hall–Kier alpha value is -3.03. The fourth-order valence-electron chi connectivity index (χ4n) is 2.60. The Bertz CT molecular complexity index is 981. The number of aliphatic hydroxyl groups excluding tert-OH is 1. The normalized spacial score (nSPS) is 11.8. The zero-order valence-corrected chi connectivity index (χ0v) is 15.2. The van der Waals surface area contributed by atoms with Gasteiger partial charge in [-0.1, -0.05) is 41.9 Å². The van der Waals surface area contributed by atoms with Gasteiger partial charge in [0.25, 0.3) is 5.69 Å². The lowest BCUT2D eigenvalue weighted by Gasteiger charge is -2.14. The standard InChI is InChI=1S/C19H17ClN4O3/c1-12-9-18(21-11-17(25)15-7-2-3-8-16(15)20)23-19(22-12)13-5-4-6-14(10-13)24(26)27/h2-10,17,25H,11H2,1H3,(H,21,22,23). The molecule has 8 heteroatoms. The molecule has 0 amide bonds. The molecule has 1 atom stereocenters. The molecular weight excluding hydrogens is 368 g/mol. The van der Waals surface area contributed by atoms with Crippen LogP contribution in [0.25, 0.3) is 11.4 Å². The Labute approximate surface area is 160 Å². The quantitative estimate of drug-likeness (QED) is 0.488. The predicted octanol–water partition coefficient (Wildman–Crippen LogP) is 4.16. The van der Waals surface area contributed by atoms with E-state index in [1.807, 2.05) is 0 Å². The number of benzene rings is 2. The molecule has 1 aromatic heterocycles. The van der Waals surface area contributed by atoms with E-state index in [9.17, 15) is 15.2 Å². The Kier molecular flexibility index (Phi) is 5.63. The van der Waals surface area contributed by atoms with Crippen LogP contribution in [0.1, 0.15) is 17.4 Å². The van der Waals surface area contributed by atoms with Crippen molar-refractivity contribution in [1.29, 1.82) is 0 Å². The van der Waals surface area contributed by atoms with Crippen molar-refractivity contribution in [2.45, 2.75) is 13.0 Å². The van der Waals surface area contributed by atoms with Crippen molar-refractivity contribution >= 4 is 23.1 Å². The van der Waals surface area contributed by atoms with Crippen molar-refractivity contribution in [3.8, 4) is 11.4 Å². The summed E-state index contributed by atoms with van der Waals surface area (Å²) in [5, 5.41) is 24.9. The van der Waals surface area contributed by atoms with Crippen LogP contribution >= 0.6 is 11.6 Å². The first-order valence-electron chi connectivity index (χ1n) is 8.21. The minimum absolute atomic E-state index is 0.0266. The van der Waals surface area contributed by atoms with Crippen molar-refractivity contribution in [2.24, 2.45) is 0 Å². The average molecular weight is 385 g/mol. The van der Waals surface area contributed by atoms with Gasteiger partial charge < -0.3 is 10.4 Å². The summed E-state index contributed by atoms with van der Waals surface area (Å²) in [6, 6.07) is 15.0. The topological polar surface area (TPSA) is 101 Å². The third-order valence-electron chi connectivity index (χ3n) is 3.91. The van der Waals surface area contributed by atoms with E-state index in [0.29, 0.717) is 33.5 Å². The van der Waals surface area contributed by atoms with Crippen LogP contribution in [0, 0.1) is 17.0 Å². The van der Waals surface area contributed by atoms with Crippen LogP contribution in [-0.2, 0) is 0 Å². The molecule has 138 valence electrons. The number of anilines is 1. The molecule has 0 aliphatic heterocycles. The van der Waals surface area contributed by atoms with Gasteiger partial charge in [0, 0.05) is 46.6 Å². The van der Waals surface area contributed by atoms with Gasteiger partial charge in [0.15, 0.2) is 5.82 Å². The number of hydrogen-bond acceptors (Lipinski definition) is 6. The molecule has 0 bridgehead atoms. The second-order valence-corrected chi connectivity index (χ2v) is 6.35. The minimum atomic E-state index is -0.810. The Balaban J connectivity index is 1.81. The highest BCUT2D eigenvalue weighted by Gasteiger charge is 2.13. The van der Waals surface area contributed by atoms with Crippen LogP contribution < -0.4 is 5.32 Å². The van der Waals surface area contributed by atoms with Crippen LogP contribution in [0.2, 0.25) is 5.02 Å². The monoisotopic (exact) mass is 384 g/mol. The lowest BCUT2D eigenvalue weighted by molar-refractivity contribution is -0.384. The largest absolute Gasteiger partial charge is 0.387 e. The van der Waals surface area contributed by atoms with E-state index in [2.05, 4.69) is 15.3 Å². The van der Waals surface area contributed by atoms with Gasteiger partial charge >= 0.3 is 0 Å². The number of aromatic nitrogens is 2. The van der Waals surface area contributed by atoms with Crippen LogP contribution in [0.15, 0.2) is 54.6 Å². The van der Waals surface area contributed by atoms with Crippen molar-refractivity contribution in [3.63, 3.8) is 0 Å². The number of nitrogens with one attached hydrogen (secondary N) is 1. The summed E-state index contributed by atoms with van der Waals surface area (Å²) in [5.41, 5.74) is 1.83. The second kappa shape index (κ2) is 8.11. The zero-order chi connectivity index (χ0) is 19.4. The molecule has 0 fully saturated rings. The number of hydrogen-bond donors (Lipinski definition) is 2. The molecule has 0 saturated carbocycles. The third-order valence-corrected chi connectivity index (χ3v) is 4.25. The molecule has 0 aliphatic rings. The maximum atomic E-state index is 11.0. The van der Waals surface area contributed by atoms with E-state index in [0.717, 1.165) is 0 Å². The van der Waals surface area contributed by atoms with E-state index in [1.54, 1.807) is 49.4 Å². The average Bonchev–Trinajstić information content (AvgIpc) is 2.66. The second-order valence-electron chi connectivity index (χ2n) is 5.94. The molecule has 7 nitrogen and oxygen atoms in total. The van der Waals surface area contributed by atoms with Crippen LogP contribution in [0.4, 0.5) is 11.5 Å². The smallest absolute Gasteiger partial charge is 0.270 e. The van der Waals surface area contributed by atoms with E-state index in [1.165, 1.54) is 12.1 Å². The van der Waals surface area contributed by atoms with Crippen molar-refractivity contribution in [3.05, 3.63) is 81.0 Å². The first kappa shape index (κ1) is 18.8. The van der Waals surface area contributed by atoms with Crippen LogP contribution in [0.5, 0.6) is 0 Å². The maximum Gasteiger partial charge on any atom is 0.270 e. The molecule has 27 heavy (non-hydrogen) atoms. The van der Waals surface area contributed by atoms with Crippen LogP contribution in [0.3, 0.4) is 0 Å². The summed E-state index contributed by atoms with van der Waals surface area (Å²) < 4.78 is 0. The Morgan fingerprint density at radius 2 is 1.96 bits per heavy atom. The highest BCUT2D eigenvalue weighted by molar-refractivity contribution is 6.31. The first-order valence-corrected chi connectivity index (χ1v) is 8.58. The van der Waals surface area contributed by atoms with Gasteiger partial charge in [-0.05, 0) is 13.0 Å². The molecule has 1 heterocycles. The predicted molar refractivity (Wildman–Crippen MR) is 104 cm³/mol. The molecule has 0 spiro atoms. The summed E-state index contributed by atoms with van der Waals surface area (Å²) in [6.07, 6.45) is -0.810. The van der Waals surface area contributed by atoms with Gasteiger partial charge in [-0.15, -0.1) is 0 Å². The molecule has 3 rings (SSSR count). The fraction of sp³-hybridized carbons (Fsp3) is 0.158. The summed E-state index contributed by atoms with van der Waals surface area (Å²) in [5.74, 6) is 0.878. The minimum Gasteiger partial charge on any atom is -0.387 e. The van der Waals surface area contributed by atoms with E-state index >= 15 is 0 Å². The maximum absolute atomic E-state index is 11.0. The van der Waals surface area contributed by atoms with Gasteiger partial charge in [-0.25, -0.2) is 9.97 Å². The number of halogens is 1. The lowest BCUT2D eigenvalue weighted by Crippen LogP contribution is -2.14. The molecule has 2 N–H and O–H groups in total. The number of nitro groups is 1. The van der Waals surface area contributed by atoms with E-state index in [4.69, 9.17) is 11.6 Å². The van der Waals surface area contributed by atoms with E-state index < -0.39 is 11.0 Å². The van der Waals surface area contributed by atoms with Gasteiger partial charge in [0.2, 0.25) is 0 Å².